The van der Waals surface area contributed by atoms with Crippen molar-refractivity contribution in [3.63, 3.8) is 0 Å². The third-order valence-electron chi connectivity index (χ3n) is 4.95. The third kappa shape index (κ3) is 3.77. The van der Waals surface area contributed by atoms with Gasteiger partial charge < -0.3 is 10.1 Å². The topological polar surface area (TPSA) is 64.9 Å². The summed E-state index contributed by atoms with van der Waals surface area (Å²) < 4.78 is 7.67. The lowest BCUT2D eigenvalue weighted by Gasteiger charge is -2.23. The Morgan fingerprint density at radius 1 is 0.933 bits per heavy atom. The molecule has 0 aliphatic carbocycles. The minimum absolute atomic E-state index is 0.134. The normalized spacial score (nSPS) is 15.1. The molecule has 0 radical (unpaired) electrons. The summed E-state index contributed by atoms with van der Waals surface area (Å²) in [7, 11) is 0. The molecule has 1 aliphatic heterocycles. The van der Waals surface area contributed by atoms with Crippen LogP contribution in [0, 0.1) is 0 Å². The maximum atomic E-state index is 6.03. The first kappa shape index (κ1) is 18.4. The van der Waals surface area contributed by atoms with Crippen LogP contribution in [0.15, 0.2) is 84.9 Å². The largest absolute Gasteiger partial charge is 0.489 e. The lowest BCUT2D eigenvalue weighted by molar-refractivity contribution is 0.306. The number of halogens is 1. The molecule has 0 fully saturated rings. The van der Waals surface area contributed by atoms with E-state index >= 15 is 0 Å². The van der Waals surface area contributed by atoms with Crippen LogP contribution in [0.1, 0.15) is 22.7 Å². The summed E-state index contributed by atoms with van der Waals surface area (Å²) in [4.78, 5) is 0. The van der Waals surface area contributed by atoms with Gasteiger partial charge in [-0.15, -0.1) is 0 Å². The van der Waals surface area contributed by atoms with Crippen molar-refractivity contribution in [2.24, 2.45) is 0 Å². The molecule has 5 rings (SSSR count). The molecule has 0 amide bonds. The number of fused-ring (bicyclic) bond motifs is 1. The number of nitrogens with one attached hydrogen (secondary N) is 1. The number of hydrogen-bond donors (Lipinski definition) is 1. The van der Waals surface area contributed by atoms with E-state index in [0.29, 0.717) is 17.6 Å². The van der Waals surface area contributed by atoms with Gasteiger partial charge in [0, 0.05) is 10.7 Å². The van der Waals surface area contributed by atoms with Crippen molar-refractivity contribution in [2.45, 2.75) is 12.6 Å². The van der Waals surface area contributed by atoms with Crippen LogP contribution in [0.3, 0.4) is 0 Å². The molecule has 1 N–H and O–H groups in total. The van der Waals surface area contributed by atoms with E-state index in [1.165, 1.54) is 0 Å². The maximum absolute atomic E-state index is 6.03. The quantitative estimate of drug-likeness (QED) is 0.499. The number of benzene rings is 3. The lowest BCUT2D eigenvalue weighted by Crippen LogP contribution is -2.20. The standard InChI is InChI=1S/C23H18ClN5O/c24-19-10-6-17(7-11-19)21-14-22(29-23(25-21)26-27-28-29)18-8-12-20(13-9-18)30-15-16-4-2-1-3-5-16/h1-14,22H,15H2,(H,25,26,28)/t22-/m0/s1. The van der Waals surface area contributed by atoms with E-state index in [4.69, 9.17) is 16.3 Å². The molecule has 6 nitrogen and oxygen atoms in total. The highest BCUT2D eigenvalue weighted by molar-refractivity contribution is 6.30. The van der Waals surface area contributed by atoms with Crippen LogP contribution >= 0.6 is 11.6 Å². The van der Waals surface area contributed by atoms with Crippen LogP contribution < -0.4 is 10.1 Å². The van der Waals surface area contributed by atoms with E-state index in [1.54, 1.807) is 4.68 Å². The van der Waals surface area contributed by atoms with E-state index in [0.717, 1.165) is 28.1 Å². The fraction of sp³-hybridized carbons (Fsp3) is 0.0870. The number of aromatic nitrogens is 4. The average molecular weight is 416 g/mol. The Balaban J connectivity index is 1.40. The first-order valence-electron chi connectivity index (χ1n) is 9.55. The number of hydrogen-bond acceptors (Lipinski definition) is 5. The van der Waals surface area contributed by atoms with Crippen LogP contribution in [-0.4, -0.2) is 20.2 Å². The number of anilines is 1. The monoisotopic (exact) mass is 415 g/mol. The first-order valence-corrected chi connectivity index (χ1v) is 9.93. The minimum atomic E-state index is -0.134. The van der Waals surface area contributed by atoms with Gasteiger partial charge in [0.15, 0.2) is 0 Å². The lowest BCUT2D eigenvalue weighted by atomic mass is 10.0. The van der Waals surface area contributed by atoms with Crippen LogP contribution in [0.2, 0.25) is 5.02 Å². The molecule has 4 aromatic rings. The van der Waals surface area contributed by atoms with Gasteiger partial charge in [-0.05, 0) is 57.5 Å². The molecular weight excluding hydrogens is 398 g/mol. The summed E-state index contributed by atoms with van der Waals surface area (Å²) in [5.74, 6) is 1.41. The second kappa shape index (κ2) is 8.00. The number of rotatable bonds is 5. The Labute approximate surface area is 178 Å². The summed E-state index contributed by atoms with van der Waals surface area (Å²) in [5, 5.41) is 16.1. The zero-order valence-corrected chi connectivity index (χ0v) is 16.7. The fourth-order valence-corrected chi connectivity index (χ4v) is 3.52. The minimum Gasteiger partial charge on any atom is -0.489 e. The SMILES string of the molecule is Clc1ccc(C2=C[C@@H](c3ccc(OCc4ccccc4)cc3)n3nnnc3N2)cc1. The van der Waals surface area contributed by atoms with Crippen LogP contribution in [0.25, 0.3) is 5.70 Å². The summed E-state index contributed by atoms with van der Waals surface area (Å²) in [6.45, 7) is 0.533. The molecule has 30 heavy (non-hydrogen) atoms. The predicted molar refractivity (Wildman–Crippen MR) is 116 cm³/mol. The van der Waals surface area contributed by atoms with Crippen LogP contribution in [-0.2, 0) is 6.61 Å². The molecule has 148 valence electrons. The number of allylic oxidation sites excluding steroid dienone is 1. The highest BCUT2D eigenvalue weighted by atomic mass is 35.5. The summed E-state index contributed by atoms with van der Waals surface area (Å²) in [6, 6.07) is 25.7. The van der Waals surface area contributed by atoms with Crippen molar-refractivity contribution in [1.82, 2.24) is 20.2 Å². The zero-order chi connectivity index (χ0) is 20.3. The van der Waals surface area contributed by atoms with Gasteiger partial charge in [0.1, 0.15) is 18.4 Å². The van der Waals surface area contributed by atoms with E-state index in [-0.39, 0.29) is 6.04 Å². The highest BCUT2D eigenvalue weighted by Crippen LogP contribution is 2.32. The molecule has 7 heteroatoms. The van der Waals surface area contributed by atoms with Gasteiger partial charge in [0.2, 0.25) is 5.95 Å². The molecule has 0 bridgehead atoms. The van der Waals surface area contributed by atoms with Crippen LogP contribution in [0.5, 0.6) is 5.75 Å². The Kier molecular flexibility index (Phi) is 4.91. The van der Waals surface area contributed by atoms with E-state index in [9.17, 15) is 0 Å². The molecule has 0 unspecified atom stereocenters. The Morgan fingerprint density at radius 3 is 2.47 bits per heavy atom. The van der Waals surface area contributed by atoms with Gasteiger partial charge in [-0.25, -0.2) is 0 Å². The number of ether oxygens (including phenoxy) is 1. The average Bonchev–Trinajstić information content (AvgIpc) is 3.27. The van der Waals surface area contributed by atoms with Crippen molar-refractivity contribution in [1.29, 1.82) is 0 Å². The molecule has 1 aromatic heterocycles. The van der Waals surface area contributed by atoms with Crippen molar-refractivity contribution >= 4 is 23.2 Å². The molecular formula is C23H18ClN5O. The third-order valence-corrected chi connectivity index (χ3v) is 5.20. The molecule has 1 aliphatic rings. The highest BCUT2D eigenvalue weighted by Gasteiger charge is 2.24. The summed E-state index contributed by atoms with van der Waals surface area (Å²) >= 11 is 6.03. The Hall–Kier alpha value is -3.64. The fourth-order valence-electron chi connectivity index (χ4n) is 3.39. The van der Waals surface area contributed by atoms with E-state index in [2.05, 4.69) is 26.9 Å². The first-order chi connectivity index (χ1) is 14.8. The molecule has 1 atom stereocenters. The van der Waals surface area contributed by atoms with Gasteiger partial charge in [-0.3, -0.25) is 0 Å². The van der Waals surface area contributed by atoms with Crippen molar-refractivity contribution < 1.29 is 4.74 Å². The van der Waals surface area contributed by atoms with Crippen molar-refractivity contribution in [2.75, 3.05) is 5.32 Å². The number of tetrazole rings is 1. The second-order valence-electron chi connectivity index (χ2n) is 6.95. The van der Waals surface area contributed by atoms with Gasteiger partial charge in [0.05, 0.1) is 0 Å². The second-order valence-corrected chi connectivity index (χ2v) is 7.38. The Morgan fingerprint density at radius 2 is 1.70 bits per heavy atom. The van der Waals surface area contributed by atoms with Crippen molar-refractivity contribution in [3.05, 3.63) is 107 Å². The smallest absolute Gasteiger partial charge is 0.248 e. The molecule has 0 spiro atoms. The van der Waals surface area contributed by atoms with Crippen molar-refractivity contribution in [3.8, 4) is 5.75 Å². The van der Waals surface area contributed by atoms with E-state index < -0.39 is 0 Å². The van der Waals surface area contributed by atoms with Gasteiger partial charge in [-0.2, -0.15) is 4.68 Å². The predicted octanol–water partition coefficient (Wildman–Crippen LogP) is 4.96. The van der Waals surface area contributed by atoms with Gasteiger partial charge >= 0.3 is 0 Å². The van der Waals surface area contributed by atoms with Crippen LogP contribution in [0.4, 0.5) is 5.95 Å². The van der Waals surface area contributed by atoms with Gasteiger partial charge in [0.25, 0.3) is 0 Å². The zero-order valence-electron chi connectivity index (χ0n) is 15.9. The van der Waals surface area contributed by atoms with Gasteiger partial charge in [-0.1, -0.05) is 71.3 Å². The maximum Gasteiger partial charge on any atom is 0.248 e. The summed E-state index contributed by atoms with van der Waals surface area (Å²) in [5.41, 5.74) is 4.14. The molecule has 2 heterocycles. The molecule has 0 saturated carbocycles. The molecule has 3 aromatic carbocycles. The van der Waals surface area contributed by atoms with E-state index in [1.807, 2.05) is 78.9 Å². The summed E-state index contributed by atoms with van der Waals surface area (Å²) in [6.07, 6.45) is 2.10. The Bertz CT molecular complexity index is 1170. The molecule has 0 saturated heterocycles. The number of nitrogens with zero attached hydrogens (tertiary/aromatic N) is 4.